The maximum atomic E-state index is 9.81. The van der Waals surface area contributed by atoms with Crippen LogP contribution in [0.25, 0.3) is 0 Å². The number of hydrogen-bond donors (Lipinski definition) is 1. The minimum atomic E-state index is -0.150. The Labute approximate surface area is 169 Å². The van der Waals surface area contributed by atoms with Crippen molar-refractivity contribution in [2.75, 3.05) is 6.61 Å². The van der Waals surface area contributed by atoms with Crippen molar-refractivity contribution in [3.8, 4) is 11.5 Å². The minimum Gasteiger partial charge on any atom is -0.493 e. The first kappa shape index (κ1) is 20.7. The lowest BCUT2D eigenvalue weighted by molar-refractivity contribution is 0.0809. The van der Waals surface area contributed by atoms with Crippen molar-refractivity contribution in [3.63, 3.8) is 0 Å². The first-order valence-corrected chi connectivity index (χ1v) is 10.5. The van der Waals surface area contributed by atoms with Crippen LogP contribution in [0.3, 0.4) is 0 Å². The van der Waals surface area contributed by atoms with E-state index in [0.29, 0.717) is 12.5 Å². The Balaban J connectivity index is 1.62. The molecule has 3 nitrogen and oxygen atoms in total. The Kier molecular flexibility index (Phi) is 6.66. The van der Waals surface area contributed by atoms with Gasteiger partial charge in [0.05, 0.1) is 18.8 Å². The van der Waals surface area contributed by atoms with Crippen LogP contribution in [0.4, 0.5) is 0 Å². The van der Waals surface area contributed by atoms with Crippen molar-refractivity contribution in [2.24, 2.45) is 5.92 Å². The summed E-state index contributed by atoms with van der Waals surface area (Å²) in [5.74, 6) is 2.28. The minimum absolute atomic E-state index is 0.0949. The fourth-order valence-corrected chi connectivity index (χ4v) is 3.98. The molecule has 1 aliphatic rings. The molecule has 1 fully saturated rings. The SMILES string of the molecule is CC(C)Oc1ccc(C(C)(C)c2ccc(OCC3CCCC(O)C3)cc2)cc1. The molecule has 2 unspecified atom stereocenters. The lowest BCUT2D eigenvalue weighted by atomic mass is 9.78. The van der Waals surface area contributed by atoms with Gasteiger partial charge in [0, 0.05) is 5.41 Å². The summed E-state index contributed by atoms with van der Waals surface area (Å²) in [7, 11) is 0. The number of aliphatic hydroxyl groups is 1. The van der Waals surface area contributed by atoms with Gasteiger partial charge in [-0.1, -0.05) is 44.5 Å². The summed E-state index contributed by atoms with van der Waals surface area (Å²) in [5.41, 5.74) is 2.42. The van der Waals surface area contributed by atoms with E-state index >= 15 is 0 Å². The number of aliphatic hydroxyl groups excluding tert-OH is 1. The predicted molar refractivity (Wildman–Crippen MR) is 114 cm³/mol. The summed E-state index contributed by atoms with van der Waals surface area (Å²) in [6.07, 6.45) is 4.08. The van der Waals surface area contributed by atoms with Gasteiger partial charge in [0.15, 0.2) is 0 Å². The van der Waals surface area contributed by atoms with Crippen molar-refractivity contribution in [3.05, 3.63) is 59.7 Å². The van der Waals surface area contributed by atoms with Crippen LogP contribution in [0.1, 0.15) is 64.5 Å². The second-order valence-electron chi connectivity index (χ2n) is 8.84. The molecule has 0 saturated heterocycles. The highest BCUT2D eigenvalue weighted by Crippen LogP contribution is 2.33. The number of rotatable bonds is 7. The van der Waals surface area contributed by atoms with E-state index in [2.05, 4.69) is 50.2 Å². The highest BCUT2D eigenvalue weighted by Gasteiger charge is 2.24. The summed E-state index contributed by atoms with van der Waals surface area (Å²) in [6.45, 7) is 9.25. The van der Waals surface area contributed by atoms with Gasteiger partial charge < -0.3 is 14.6 Å². The van der Waals surface area contributed by atoms with E-state index < -0.39 is 0 Å². The molecule has 1 N–H and O–H groups in total. The summed E-state index contributed by atoms with van der Waals surface area (Å²) in [5, 5.41) is 9.81. The number of ether oxygens (including phenoxy) is 2. The molecule has 0 amide bonds. The van der Waals surface area contributed by atoms with E-state index in [0.717, 1.165) is 37.2 Å². The monoisotopic (exact) mass is 382 g/mol. The quantitative estimate of drug-likeness (QED) is 0.665. The fraction of sp³-hybridized carbons (Fsp3) is 0.520. The molecule has 3 heteroatoms. The van der Waals surface area contributed by atoms with Crippen LogP contribution < -0.4 is 9.47 Å². The molecule has 2 aromatic rings. The molecule has 0 bridgehead atoms. The molecule has 3 rings (SSSR count). The Morgan fingerprint density at radius 1 is 0.929 bits per heavy atom. The molecule has 2 aromatic carbocycles. The Hall–Kier alpha value is -2.00. The van der Waals surface area contributed by atoms with Gasteiger partial charge in [-0.2, -0.15) is 0 Å². The molecule has 0 radical (unpaired) electrons. The van der Waals surface area contributed by atoms with Gasteiger partial charge in [0.25, 0.3) is 0 Å². The maximum Gasteiger partial charge on any atom is 0.119 e. The highest BCUT2D eigenvalue weighted by atomic mass is 16.5. The zero-order chi connectivity index (χ0) is 20.1. The van der Waals surface area contributed by atoms with Gasteiger partial charge in [-0.15, -0.1) is 0 Å². The third kappa shape index (κ3) is 5.29. The first-order chi connectivity index (χ1) is 13.3. The van der Waals surface area contributed by atoms with Crippen molar-refractivity contribution >= 4 is 0 Å². The van der Waals surface area contributed by atoms with Gasteiger partial charge in [-0.3, -0.25) is 0 Å². The van der Waals surface area contributed by atoms with Gasteiger partial charge in [-0.25, -0.2) is 0 Å². The van der Waals surface area contributed by atoms with E-state index in [1.165, 1.54) is 11.1 Å². The average molecular weight is 383 g/mol. The number of benzene rings is 2. The summed E-state index contributed by atoms with van der Waals surface area (Å²) >= 11 is 0. The number of hydrogen-bond acceptors (Lipinski definition) is 3. The van der Waals surface area contributed by atoms with Gasteiger partial charge >= 0.3 is 0 Å². The standard InChI is InChI=1S/C25H34O3/c1-18(2)28-24-14-10-21(11-15-24)25(3,4)20-8-12-23(13-9-20)27-17-19-6-5-7-22(26)16-19/h8-15,18-19,22,26H,5-7,16-17H2,1-4H3. The van der Waals surface area contributed by atoms with E-state index in [4.69, 9.17) is 9.47 Å². The predicted octanol–water partition coefficient (Wildman–Crippen LogP) is 5.73. The second kappa shape index (κ2) is 9.00. The van der Waals surface area contributed by atoms with Crippen LogP contribution in [-0.2, 0) is 5.41 Å². The highest BCUT2D eigenvalue weighted by molar-refractivity contribution is 5.41. The Bertz CT molecular complexity index is 731. The average Bonchev–Trinajstić information content (AvgIpc) is 2.67. The van der Waals surface area contributed by atoms with Gasteiger partial charge in [0.1, 0.15) is 11.5 Å². The topological polar surface area (TPSA) is 38.7 Å². The molecule has 1 saturated carbocycles. The largest absolute Gasteiger partial charge is 0.493 e. The van der Waals surface area contributed by atoms with Crippen molar-refractivity contribution in [2.45, 2.75) is 71.0 Å². The van der Waals surface area contributed by atoms with Crippen LogP contribution in [0.5, 0.6) is 11.5 Å². The second-order valence-corrected chi connectivity index (χ2v) is 8.84. The molecule has 0 aliphatic heterocycles. The smallest absolute Gasteiger partial charge is 0.119 e. The third-order valence-electron chi connectivity index (χ3n) is 5.76. The van der Waals surface area contributed by atoms with Crippen LogP contribution in [0.15, 0.2) is 48.5 Å². The van der Waals surface area contributed by atoms with Crippen molar-refractivity contribution in [1.29, 1.82) is 0 Å². The first-order valence-electron chi connectivity index (χ1n) is 10.5. The fourth-order valence-electron chi connectivity index (χ4n) is 3.98. The summed E-state index contributed by atoms with van der Waals surface area (Å²) in [6, 6.07) is 16.8. The lowest BCUT2D eigenvalue weighted by Gasteiger charge is -2.27. The molecule has 0 heterocycles. The third-order valence-corrected chi connectivity index (χ3v) is 5.76. The van der Waals surface area contributed by atoms with Crippen LogP contribution in [0, 0.1) is 5.92 Å². The molecule has 0 aromatic heterocycles. The van der Waals surface area contributed by atoms with Gasteiger partial charge in [-0.05, 0) is 74.4 Å². The van der Waals surface area contributed by atoms with Crippen molar-refractivity contribution in [1.82, 2.24) is 0 Å². The molecule has 152 valence electrons. The normalized spacial score (nSPS) is 20.2. The molecule has 0 spiro atoms. The Morgan fingerprint density at radius 2 is 1.50 bits per heavy atom. The molecule has 28 heavy (non-hydrogen) atoms. The summed E-state index contributed by atoms with van der Waals surface area (Å²) < 4.78 is 11.7. The van der Waals surface area contributed by atoms with Crippen LogP contribution in [-0.4, -0.2) is 23.9 Å². The van der Waals surface area contributed by atoms with E-state index in [1.54, 1.807) is 0 Å². The van der Waals surface area contributed by atoms with Crippen LogP contribution >= 0.6 is 0 Å². The molecular formula is C25H34O3. The maximum absolute atomic E-state index is 9.81. The molecule has 1 aliphatic carbocycles. The van der Waals surface area contributed by atoms with Crippen LogP contribution in [0.2, 0.25) is 0 Å². The zero-order valence-corrected chi connectivity index (χ0v) is 17.7. The Morgan fingerprint density at radius 3 is 2.04 bits per heavy atom. The zero-order valence-electron chi connectivity index (χ0n) is 17.7. The molecular weight excluding hydrogens is 348 g/mol. The van der Waals surface area contributed by atoms with Gasteiger partial charge in [0.2, 0.25) is 0 Å². The van der Waals surface area contributed by atoms with E-state index in [1.807, 2.05) is 26.0 Å². The molecule has 2 atom stereocenters. The van der Waals surface area contributed by atoms with Crippen molar-refractivity contribution < 1.29 is 14.6 Å². The lowest BCUT2D eigenvalue weighted by Crippen LogP contribution is -2.24. The summed E-state index contributed by atoms with van der Waals surface area (Å²) in [4.78, 5) is 0. The van der Waals surface area contributed by atoms with E-state index in [9.17, 15) is 5.11 Å². The van der Waals surface area contributed by atoms with E-state index in [-0.39, 0.29) is 17.6 Å².